The minimum Gasteiger partial charge on any atom is -0.350 e. The number of hydrogen-bond donors (Lipinski definition) is 1. The van der Waals surface area contributed by atoms with Crippen LogP contribution in [0.25, 0.3) is 0 Å². The van der Waals surface area contributed by atoms with Crippen molar-refractivity contribution < 1.29 is 23.2 Å². The maximum absolute atomic E-state index is 13.8. The fourth-order valence-corrected chi connectivity index (χ4v) is 4.12. The fraction of sp³-hybridized carbons (Fsp3) is 0.318. The summed E-state index contributed by atoms with van der Waals surface area (Å²) in [5.41, 5.74) is 1.68. The molecule has 0 bridgehead atoms. The van der Waals surface area contributed by atoms with Crippen molar-refractivity contribution in [3.63, 3.8) is 0 Å². The number of carbonyl (C=O) groups is 3. The standard InChI is InChI=1S/C22H21F2N3O3/c1-13-4-2-5-16-20(13)27(22(30)18-6-3-9-26(18)21(16)29)12-19(28)25-11-14-7-8-15(23)10-17(14)24/h2,4-5,7-8,10,18H,3,6,9,11-12H2,1H3,(H,25,28). The smallest absolute Gasteiger partial charge is 0.256 e. The molecule has 2 aliphatic heterocycles. The fourth-order valence-electron chi connectivity index (χ4n) is 4.12. The van der Waals surface area contributed by atoms with Gasteiger partial charge >= 0.3 is 0 Å². The van der Waals surface area contributed by atoms with Crippen LogP contribution in [0.1, 0.15) is 34.3 Å². The molecule has 2 heterocycles. The molecule has 0 spiro atoms. The van der Waals surface area contributed by atoms with E-state index in [9.17, 15) is 23.2 Å². The summed E-state index contributed by atoms with van der Waals surface area (Å²) in [5.74, 6) is -2.46. The van der Waals surface area contributed by atoms with Crippen LogP contribution in [0.2, 0.25) is 0 Å². The number of nitrogens with one attached hydrogen (secondary N) is 1. The highest BCUT2D eigenvalue weighted by atomic mass is 19.1. The number of nitrogens with zero attached hydrogens (tertiary/aromatic N) is 2. The van der Waals surface area contributed by atoms with E-state index >= 15 is 0 Å². The zero-order valence-corrected chi connectivity index (χ0v) is 16.5. The summed E-state index contributed by atoms with van der Waals surface area (Å²) in [4.78, 5) is 41.8. The molecule has 2 aromatic rings. The van der Waals surface area contributed by atoms with E-state index in [4.69, 9.17) is 0 Å². The van der Waals surface area contributed by atoms with Gasteiger partial charge in [0, 0.05) is 24.7 Å². The van der Waals surface area contributed by atoms with E-state index in [2.05, 4.69) is 5.32 Å². The summed E-state index contributed by atoms with van der Waals surface area (Å²) in [5, 5.41) is 2.57. The number of anilines is 1. The van der Waals surface area contributed by atoms with Crippen molar-refractivity contribution in [2.24, 2.45) is 0 Å². The Morgan fingerprint density at radius 1 is 1.20 bits per heavy atom. The second-order valence-corrected chi connectivity index (χ2v) is 7.56. The lowest BCUT2D eigenvalue weighted by Gasteiger charge is -2.26. The van der Waals surface area contributed by atoms with Crippen molar-refractivity contribution in [1.29, 1.82) is 0 Å². The molecule has 1 unspecified atom stereocenters. The summed E-state index contributed by atoms with van der Waals surface area (Å²) in [6.45, 7) is 1.86. The van der Waals surface area contributed by atoms with Gasteiger partial charge in [0.05, 0.1) is 11.3 Å². The van der Waals surface area contributed by atoms with E-state index in [0.717, 1.165) is 18.6 Å². The average Bonchev–Trinajstić information content (AvgIpc) is 3.17. The first-order valence-corrected chi connectivity index (χ1v) is 9.79. The van der Waals surface area contributed by atoms with Crippen LogP contribution < -0.4 is 10.2 Å². The van der Waals surface area contributed by atoms with Crippen LogP contribution in [-0.4, -0.2) is 41.8 Å². The zero-order chi connectivity index (χ0) is 21.4. The molecule has 0 aromatic heterocycles. The van der Waals surface area contributed by atoms with Crippen LogP contribution in [0.4, 0.5) is 14.5 Å². The van der Waals surface area contributed by atoms with Gasteiger partial charge in [0.15, 0.2) is 0 Å². The normalized spacial score (nSPS) is 18.2. The van der Waals surface area contributed by atoms with Gasteiger partial charge in [0.25, 0.3) is 5.91 Å². The van der Waals surface area contributed by atoms with Gasteiger partial charge in [-0.2, -0.15) is 0 Å². The van der Waals surface area contributed by atoms with Gasteiger partial charge in [-0.3, -0.25) is 14.4 Å². The van der Waals surface area contributed by atoms with Crippen LogP contribution in [-0.2, 0) is 16.1 Å². The van der Waals surface area contributed by atoms with E-state index in [1.54, 1.807) is 30.0 Å². The van der Waals surface area contributed by atoms with Crippen molar-refractivity contribution in [3.05, 3.63) is 64.7 Å². The largest absolute Gasteiger partial charge is 0.350 e. The van der Waals surface area contributed by atoms with E-state index in [0.29, 0.717) is 29.8 Å². The number of benzene rings is 2. The zero-order valence-electron chi connectivity index (χ0n) is 16.5. The lowest BCUT2D eigenvalue weighted by molar-refractivity contribution is -0.125. The molecule has 1 N–H and O–H groups in total. The Balaban J connectivity index is 1.59. The minimum absolute atomic E-state index is 0.137. The van der Waals surface area contributed by atoms with Crippen molar-refractivity contribution in [2.45, 2.75) is 32.4 Å². The molecule has 2 aromatic carbocycles. The van der Waals surface area contributed by atoms with Crippen LogP contribution in [0, 0.1) is 18.6 Å². The van der Waals surface area contributed by atoms with Crippen LogP contribution in [0.15, 0.2) is 36.4 Å². The molecule has 4 rings (SSSR count). The Morgan fingerprint density at radius 2 is 2.00 bits per heavy atom. The van der Waals surface area contributed by atoms with Gasteiger partial charge in [-0.25, -0.2) is 8.78 Å². The quantitative estimate of drug-likeness (QED) is 0.838. The first kappa shape index (κ1) is 20.0. The average molecular weight is 413 g/mol. The van der Waals surface area contributed by atoms with Crippen molar-refractivity contribution >= 4 is 23.4 Å². The Hall–Kier alpha value is -3.29. The minimum atomic E-state index is -0.755. The van der Waals surface area contributed by atoms with Gasteiger partial charge in [-0.1, -0.05) is 18.2 Å². The Morgan fingerprint density at radius 3 is 2.77 bits per heavy atom. The molecule has 0 aliphatic carbocycles. The Bertz CT molecular complexity index is 1040. The topological polar surface area (TPSA) is 69.7 Å². The van der Waals surface area contributed by atoms with Gasteiger partial charge in [-0.05, 0) is 37.5 Å². The van der Waals surface area contributed by atoms with Gasteiger partial charge in [-0.15, -0.1) is 0 Å². The molecular weight excluding hydrogens is 392 g/mol. The molecule has 8 heteroatoms. The van der Waals surface area contributed by atoms with Crippen molar-refractivity contribution in [1.82, 2.24) is 10.2 Å². The summed E-state index contributed by atoms with van der Waals surface area (Å²) in [6.07, 6.45) is 1.28. The van der Waals surface area contributed by atoms with Gasteiger partial charge < -0.3 is 15.1 Å². The maximum atomic E-state index is 13.8. The molecule has 1 atom stereocenters. The summed E-state index contributed by atoms with van der Waals surface area (Å²) < 4.78 is 26.9. The Kier molecular flexibility index (Phi) is 5.24. The predicted molar refractivity (Wildman–Crippen MR) is 106 cm³/mol. The van der Waals surface area contributed by atoms with Gasteiger partial charge in [0.1, 0.15) is 24.2 Å². The van der Waals surface area contributed by atoms with Crippen LogP contribution in [0.5, 0.6) is 0 Å². The van der Waals surface area contributed by atoms with Crippen molar-refractivity contribution in [2.75, 3.05) is 18.0 Å². The number of carbonyl (C=O) groups excluding carboxylic acids is 3. The SMILES string of the molecule is Cc1cccc2c1N(CC(=O)NCc1ccc(F)cc1F)C(=O)C1CCCN1C2=O. The number of hydrogen-bond acceptors (Lipinski definition) is 3. The highest BCUT2D eigenvalue weighted by molar-refractivity contribution is 6.13. The molecule has 156 valence electrons. The van der Waals surface area contributed by atoms with Gasteiger partial charge in [0.2, 0.25) is 11.8 Å². The number of fused-ring (bicyclic) bond motifs is 2. The number of aryl methyl sites for hydroxylation is 1. The Labute approximate surface area is 172 Å². The van der Waals surface area contributed by atoms with Crippen molar-refractivity contribution in [3.8, 4) is 0 Å². The first-order valence-electron chi connectivity index (χ1n) is 9.79. The summed E-state index contributed by atoms with van der Waals surface area (Å²) >= 11 is 0. The molecule has 0 radical (unpaired) electrons. The number of halogens is 2. The van der Waals surface area contributed by atoms with Crippen LogP contribution in [0.3, 0.4) is 0 Å². The second kappa shape index (κ2) is 7.85. The molecule has 1 fully saturated rings. The predicted octanol–water partition coefficient (Wildman–Crippen LogP) is 2.54. The number of para-hydroxylation sites is 1. The third-order valence-electron chi connectivity index (χ3n) is 5.60. The maximum Gasteiger partial charge on any atom is 0.256 e. The second-order valence-electron chi connectivity index (χ2n) is 7.56. The third-order valence-corrected chi connectivity index (χ3v) is 5.60. The molecule has 0 saturated carbocycles. The lowest BCUT2D eigenvalue weighted by atomic mass is 10.1. The molecule has 3 amide bonds. The molecule has 30 heavy (non-hydrogen) atoms. The molecular formula is C22H21F2N3O3. The van der Waals surface area contributed by atoms with E-state index < -0.39 is 23.6 Å². The van der Waals surface area contributed by atoms with E-state index in [1.807, 2.05) is 0 Å². The molecule has 1 saturated heterocycles. The summed E-state index contributed by atoms with van der Waals surface area (Å²) in [6, 6.07) is 7.74. The summed E-state index contributed by atoms with van der Waals surface area (Å²) in [7, 11) is 0. The lowest BCUT2D eigenvalue weighted by Crippen LogP contribution is -2.48. The van der Waals surface area contributed by atoms with E-state index in [1.165, 1.54) is 11.0 Å². The molecule has 2 aliphatic rings. The van der Waals surface area contributed by atoms with Crippen LogP contribution >= 0.6 is 0 Å². The van der Waals surface area contributed by atoms with E-state index in [-0.39, 0.29) is 30.5 Å². The third kappa shape index (κ3) is 3.53. The highest BCUT2D eigenvalue weighted by Gasteiger charge is 2.42. The number of rotatable bonds is 4. The molecule has 6 nitrogen and oxygen atoms in total. The number of amides is 3. The monoisotopic (exact) mass is 413 g/mol. The highest BCUT2D eigenvalue weighted by Crippen LogP contribution is 2.34. The first-order chi connectivity index (χ1) is 14.4.